The number of benzene rings is 3. The van der Waals surface area contributed by atoms with Crippen molar-refractivity contribution >= 4 is 27.4 Å². The Labute approximate surface area is 208 Å². The van der Waals surface area contributed by atoms with Gasteiger partial charge in [0.1, 0.15) is 0 Å². The Bertz CT molecular complexity index is 1500. The summed E-state index contributed by atoms with van der Waals surface area (Å²) in [6, 6.07) is 22.8. The molecule has 0 aliphatic carbocycles. The number of halogens is 1. The molecule has 0 radical (unpaired) electrons. The highest BCUT2D eigenvalue weighted by Gasteiger charge is 2.37. The Hall–Kier alpha value is -3.46. The average molecular weight is 510 g/mol. The molecule has 2 atom stereocenters. The number of rotatable bonds is 8. The number of hydrogen-bond donors (Lipinski definition) is 2. The van der Waals surface area contributed by atoms with Gasteiger partial charge in [0.05, 0.1) is 18.0 Å². The molecule has 180 valence electrons. The number of aromatic amines is 1. The number of carbonyl (C=O) groups excluding carboxylic acids is 1. The van der Waals surface area contributed by atoms with Crippen molar-refractivity contribution in [3.05, 3.63) is 123 Å². The number of aryl methyl sites for hydroxylation is 1. The minimum atomic E-state index is -3.83. The summed E-state index contributed by atoms with van der Waals surface area (Å²) in [5.41, 5.74) is 1.92. The molecule has 1 heterocycles. The van der Waals surface area contributed by atoms with Crippen LogP contribution in [-0.4, -0.2) is 36.3 Å². The second-order valence-corrected chi connectivity index (χ2v) is 10.5. The Morgan fingerprint density at radius 1 is 0.943 bits per heavy atom. The predicted octanol–water partition coefficient (Wildman–Crippen LogP) is 4.06. The van der Waals surface area contributed by atoms with Crippen LogP contribution in [-0.2, 0) is 10.0 Å². The summed E-state index contributed by atoms with van der Waals surface area (Å²) >= 11 is 6.10. The first-order chi connectivity index (χ1) is 16.7. The van der Waals surface area contributed by atoms with Crippen LogP contribution in [0.2, 0.25) is 5.02 Å². The van der Waals surface area contributed by atoms with Crippen molar-refractivity contribution in [3.8, 4) is 5.69 Å². The SMILES string of the molecule is Cc1[nH]n(-c2ccccc2)c(=O)c1[C@@H](c1ccc(Cl)cc1)[C@H](NS(C)(=O)=O)C(=O)c1ccccc1. The highest BCUT2D eigenvalue weighted by molar-refractivity contribution is 7.88. The summed E-state index contributed by atoms with van der Waals surface area (Å²) < 4.78 is 28.7. The van der Waals surface area contributed by atoms with Crippen molar-refractivity contribution in [3.63, 3.8) is 0 Å². The molecule has 0 fully saturated rings. The van der Waals surface area contributed by atoms with Crippen LogP contribution in [0.1, 0.15) is 33.1 Å². The number of nitrogens with zero attached hydrogens (tertiary/aromatic N) is 1. The van der Waals surface area contributed by atoms with Crippen LogP contribution in [0.25, 0.3) is 5.69 Å². The van der Waals surface area contributed by atoms with Gasteiger partial charge >= 0.3 is 0 Å². The fraction of sp³-hybridized carbons (Fsp3) is 0.154. The van der Waals surface area contributed by atoms with Crippen LogP contribution in [0.15, 0.2) is 89.7 Å². The maximum absolute atomic E-state index is 13.7. The molecule has 4 aromatic rings. The van der Waals surface area contributed by atoms with E-state index in [4.69, 9.17) is 11.6 Å². The molecule has 0 saturated carbocycles. The molecule has 3 aromatic carbocycles. The van der Waals surface area contributed by atoms with Crippen molar-refractivity contribution in [1.29, 1.82) is 0 Å². The number of Topliss-reactive ketones (excluding diaryl/α,β-unsaturated/α-hetero) is 1. The van der Waals surface area contributed by atoms with E-state index in [9.17, 15) is 18.0 Å². The normalized spacial score (nSPS) is 13.3. The standard InChI is InChI=1S/C26H24ClN3O4S/c1-17-22(26(32)30(28-17)21-11-7-4-8-12-21)23(18-13-15-20(27)16-14-18)24(29-35(2,33)34)25(31)19-9-5-3-6-10-19/h3-16,23-24,28-29H,1-2H3/t23-,24+/m1/s1. The molecule has 1 aromatic heterocycles. The second kappa shape index (κ2) is 10.0. The van der Waals surface area contributed by atoms with E-state index in [1.54, 1.807) is 85.8 Å². The molecule has 9 heteroatoms. The minimum absolute atomic E-state index is 0.279. The molecular weight excluding hydrogens is 486 g/mol. The summed E-state index contributed by atoms with van der Waals surface area (Å²) in [6.07, 6.45) is 0.990. The molecule has 0 aliphatic rings. The van der Waals surface area contributed by atoms with E-state index >= 15 is 0 Å². The summed E-state index contributed by atoms with van der Waals surface area (Å²) in [7, 11) is -3.83. The predicted molar refractivity (Wildman–Crippen MR) is 137 cm³/mol. The topological polar surface area (TPSA) is 101 Å². The van der Waals surface area contributed by atoms with E-state index in [1.807, 2.05) is 6.07 Å². The third kappa shape index (κ3) is 5.45. The van der Waals surface area contributed by atoms with Gasteiger partial charge in [0.2, 0.25) is 10.0 Å². The molecule has 2 N–H and O–H groups in total. The van der Waals surface area contributed by atoms with Crippen molar-refractivity contribution < 1.29 is 13.2 Å². The van der Waals surface area contributed by atoms with Gasteiger partial charge in [-0.25, -0.2) is 17.8 Å². The van der Waals surface area contributed by atoms with Crippen LogP contribution >= 0.6 is 11.6 Å². The molecule has 35 heavy (non-hydrogen) atoms. The Morgan fingerprint density at radius 3 is 2.09 bits per heavy atom. The lowest BCUT2D eigenvalue weighted by molar-refractivity contribution is 0.0945. The molecule has 7 nitrogen and oxygen atoms in total. The largest absolute Gasteiger partial charge is 0.295 e. The molecular formula is C26H24ClN3O4S. The van der Waals surface area contributed by atoms with Gasteiger partial charge in [-0.2, -0.15) is 0 Å². The van der Waals surface area contributed by atoms with Crippen LogP contribution in [0, 0.1) is 6.92 Å². The fourth-order valence-electron chi connectivity index (χ4n) is 4.17. The molecule has 0 spiro atoms. The molecule has 4 rings (SSSR count). The number of para-hydroxylation sites is 1. The van der Waals surface area contributed by atoms with Gasteiger partial charge in [-0.1, -0.05) is 72.3 Å². The first-order valence-corrected chi connectivity index (χ1v) is 13.1. The lowest BCUT2D eigenvalue weighted by atomic mass is 9.82. The van der Waals surface area contributed by atoms with Crippen molar-refractivity contribution in [1.82, 2.24) is 14.5 Å². The molecule has 0 aliphatic heterocycles. The summed E-state index contributed by atoms with van der Waals surface area (Å²) in [4.78, 5) is 27.4. The van der Waals surface area contributed by atoms with Gasteiger partial charge in [0.15, 0.2) is 5.78 Å². The van der Waals surface area contributed by atoms with Gasteiger partial charge in [0.25, 0.3) is 5.56 Å². The molecule has 0 saturated heterocycles. The highest BCUT2D eigenvalue weighted by Crippen LogP contribution is 2.31. The number of hydrogen-bond acceptors (Lipinski definition) is 4. The molecule has 0 amide bonds. The Morgan fingerprint density at radius 2 is 1.51 bits per heavy atom. The lowest BCUT2D eigenvalue weighted by Gasteiger charge is -2.26. The van der Waals surface area contributed by atoms with Gasteiger partial charge < -0.3 is 0 Å². The maximum Gasteiger partial charge on any atom is 0.275 e. The zero-order valence-corrected chi connectivity index (χ0v) is 20.7. The van der Waals surface area contributed by atoms with Crippen LogP contribution < -0.4 is 10.3 Å². The zero-order chi connectivity index (χ0) is 25.2. The van der Waals surface area contributed by atoms with Crippen molar-refractivity contribution in [2.75, 3.05) is 6.26 Å². The number of nitrogens with one attached hydrogen (secondary N) is 2. The number of carbonyl (C=O) groups is 1. The van der Waals surface area contributed by atoms with E-state index in [2.05, 4.69) is 9.82 Å². The average Bonchev–Trinajstić information content (AvgIpc) is 3.13. The van der Waals surface area contributed by atoms with E-state index in [-0.39, 0.29) is 11.1 Å². The van der Waals surface area contributed by atoms with Gasteiger partial charge in [-0.05, 0) is 36.8 Å². The monoisotopic (exact) mass is 509 g/mol. The Balaban J connectivity index is 1.96. The van der Waals surface area contributed by atoms with Gasteiger partial charge in [-0.15, -0.1) is 0 Å². The van der Waals surface area contributed by atoms with Gasteiger partial charge in [0, 0.05) is 27.8 Å². The number of H-pyrrole nitrogens is 1. The smallest absolute Gasteiger partial charge is 0.275 e. The number of ketones is 1. The summed E-state index contributed by atoms with van der Waals surface area (Å²) in [5, 5.41) is 3.55. The van der Waals surface area contributed by atoms with Crippen LogP contribution in [0.5, 0.6) is 0 Å². The number of sulfonamides is 1. The lowest BCUT2D eigenvalue weighted by Crippen LogP contribution is -2.46. The van der Waals surface area contributed by atoms with Crippen molar-refractivity contribution in [2.45, 2.75) is 18.9 Å². The van der Waals surface area contributed by atoms with Crippen LogP contribution in [0.4, 0.5) is 0 Å². The summed E-state index contributed by atoms with van der Waals surface area (Å²) in [5.74, 6) is -1.38. The first-order valence-electron chi connectivity index (χ1n) is 10.8. The Kier molecular flexibility index (Phi) is 7.07. The van der Waals surface area contributed by atoms with Crippen LogP contribution in [0.3, 0.4) is 0 Å². The van der Waals surface area contributed by atoms with E-state index in [1.165, 1.54) is 4.68 Å². The van der Waals surface area contributed by atoms with Crippen molar-refractivity contribution in [2.24, 2.45) is 0 Å². The third-order valence-corrected chi connectivity index (χ3v) is 6.62. The molecule has 0 bridgehead atoms. The molecule has 0 unspecified atom stereocenters. The van der Waals surface area contributed by atoms with Gasteiger partial charge in [-0.3, -0.25) is 14.7 Å². The highest BCUT2D eigenvalue weighted by atomic mass is 35.5. The van der Waals surface area contributed by atoms with E-state index in [0.29, 0.717) is 27.5 Å². The second-order valence-electron chi connectivity index (χ2n) is 8.25. The third-order valence-electron chi connectivity index (χ3n) is 5.69. The fourth-order valence-corrected chi connectivity index (χ4v) is 5.00. The minimum Gasteiger partial charge on any atom is -0.295 e. The summed E-state index contributed by atoms with van der Waals surface area (Å²) in [6.45, 7) is 1.73. The number of aromatic nitrogens is 2. The quantitative estimate of drug-likeness (QED) is 0.350. The maximum atomic E-state index is 13.7. The first kappa shape index (κ1) is 24.7. The van der Waals surface area contributed by atoms with E-state index in [0.717, 1.165) is 6.26 Å². The van der Waals surface area contributed by atoms with E-state index < -0.39 is 27.8 Å². The zero-order valence-electron chi connectivity index (χ0n) is 19.1.